The zero-order valence-electron chi connectivity index (χ0n) is 15.2. The van der Waals surface area contributed by atoms with Crippen molar-refractivity contribution in [2.45, 2.75) is 20.0 Å². The van der Waals surface area contributed by atoms with E-state index < -0.39 is 6.10 Å². The van der Waals surface area contributed by atoms with E-state index in [0.29, 0.717) is 6.61 Å². The van der Waals surface area contributed by atoms with Crippen molar-refractivity contribution in [2.75, 3.05) is 44.2 Å². The molecule has 4 heteroatoms. The van der Waals surface area contributed by atoms with Crippen LogP contribution in [0.25, 0.3) is 0 Å². The third kappa shape index (κ3) is 4.74. The smallest absolute Gasteiger partial charge is 0.137 e. The largest absolute Gasteiger partial charge is 0.490 e. The number of nitrogens with zero attached hydrogens (tertiary/aromatic N) is 1. The predicted octanol–water partition coefficient (Wildman–Crippen LogP) is 1.45. The van der Waals surface area contributed by atoms with Crippen LogP contribution >= 0.6 is 0 Å². The zero-order valence-corrected chi connectivity index (χ0v) is 15.2. The minimum atomic E-state index is -0.433. The molecule has 2 N–H and O–H groups in total. The van der Waals surface area contributed by atoms with Gasteiger partial charge in [-0.25, -0.2) is 0 Å². The Morgan fingerprint density at radius 3 is 2.28 bits per heavy atom. The van der Waals surface area contributed by atoms with Crippen LogP contribution in [0.3, 0.4) is 0 Å². The molecule has 25 heavy (non-hydrogen) atoms. The first-order valence-electron chi connectivity index (χ1n) is 9.14. The standard InChI is InChI=1S/C21H28N2O2/c1-17-7-6-8-18(2)21(17)25-16-20(24)15-22-11-13-23(14-12-22)19-9-4-3-5-10-19/h3-10,20,24H,11-16H2,1-2H3/p+1. The maximum atomic E-state index is 10.4. The molecule has 1 fully saturated rings. The van der Waals surface area contributed by atoms with E-state index in [2.05, 4.69) is 35.2 Å². The molecule has 0 aromatic heterocycles. The molecule has 0 aliphatic carbocycles. The summed E-state index contributed by atoms with van der Waals surface area (Å²) >= 11 is 0. The van der Waals surface area contributed by atoms with Crippen molar-refractivity contribution in [3.8, 4) is 5.75 Å². The molecular formula is C21H29N2O2+. The van der Waals surface area contributed by atoms with Gasteiger partial charge < -0.3 is 19.6 Å². The Balaban J connectivity index is 1.44. The first kappa shape index (κ1) is 17.8. The number of aliphatic hydroxyl groups is 1. The highest BCUT2D eigenvalue weighted by Gasteiger charge is 2.23. The summed E-state index contributed by atoms with van der Waals surface area (Å²) in [5.74, 6) is 0.908. The maximum Gasteiger partial charge on any atom is 0.137 e. The third-order valence-corrected chi connectivity index (χ3v) is 4.95. The molecular weight excluding hydrogens is 312 g/mol. The lowest BCUT2D eigenvalue weighted by Gasteiger charge is -2.34. The van der Waals surface area contributed by atoms with Crippen molar-refractivity contribution in [3.63, 3.8) is 0 Å². The summed E-state index contributed by atoms with van der Waals surface area (Å²) in [4.78, 5) is 3.87. The summed E-state index contributed by atoms with van der Waals surface area (Å²) in [5.41, 5.74) is 3.53. The summed E-state index contributed by atoms with van der Waals surface area (Å²) in [5, 5.41) is 10.4. The van der Waals surface area contributed by atoms with Gasteiger partial charge >= 0.3 is 0 Å². The minimum absolute atomic E-state index is 0.359. The highest BCUT2D eigenvalue weighted by atomic mass is 16.5. The number of aryl methyl sites for hydroxylation is 2. The molecule has 1 aliphatic rings. The molecule has 0 radical (unpaired) electrons. The Morgan fingerprint density at radius 1 is 1.00 bits per heavy atom. The topological polar surface area (TPSA) is 37.1 Å². The lowest BCUT2D eigenvalue weighted by molar-refractivity contribution is -0.903. The van der Waals surface area contributed by atoms with E-state index in [0.717, 1.165) is 49.6 Å². The molecule has 1 heterocycles. The Hall–Kier alpha value is -2.04. The fraction of sp³-hybridized carbons (Fsp3) is 0.429. The van der Waals surface area contributed by atoms with Gasteiger partial charge in [-0.3, -0.25) is 0 Å². The van der Waals surface area contributed by atoms with Gasteiger partial charge in [-0.15, -0.1) is 0 Å². The van der Waals surface area contributed by atoms with E-state index in [1.807, 2.05) is 32.0 Å². The number of ether oxygens (including phenoxy) is 1. The predicted molar refractivity (Wildman–Crippen MR) is 102 cm³/mol. The quantitative estimate of drug-likeness (QED) is 0.835. The maximum absolute atomic E-state index is 10.4. The van der Waals surface area contributed by atoms with Crippen LogP contribution < -0.4 is 14.5 Å². The second-order valence-corrected chi connectivity index (χ2v) is 6.96. The normalized spacial score (nSPS) is 16.7. The summed E-state index contributed by atoms with van der Waals surface area (Å²) < 4.78 is 5.89. The van der Waals surface area contributed by atoms with Crippen LogP contribution in [0.2, 0.25) is 0 Å². The Bertz CT molecular complexity index is 647. The number of piperazine rings is 1. The number of hydrogen-bond donors (Lipinski definition) is 2. The molecule has 1 atom stereocenters. The molecule has 3 rings (SSSR count). The van der Waals surface area contributed by atoms with Crippen LogP contribution in [0, 0.1) is 13.8 Å². The molecule has 4 nitrogen and oxygen atoms in total. The molecule has 2 aromatic rings. The van der Waals surface area contributed by atoms with E-state index in [1.54, 1.807) is 0 Å². The second-order valence-electron chi connectivity index (χ2n) is 6.96. The van der Waals surface area contributed by atoms with Gasteiger partial charge in [-0.2, -0.15) is 0 Å². The lowest BCUT2D eigenvalue weighted by Crippen LogP contribution is -3.16. The fourth-order valence-corrected chi connectivity index (χ4v) is 3.52. The molecule has 1 unspecified atom stereocenters. The molecule has 0 spiro atoms. The van der Waals surface area contributed by atoms with Crippen molar-refractivity contribution in [1.29, 1.82) is 0 Å². The van der Waals surface area contributed by atoms with Crippen LogP contribution in [0.5, 0.6) is 5.75 Å². The number of benzene rings is 2. The number of rotatable bonds is 6. The van der Waals surface area contributed by atoms with Crippen molar-refractivity contribution in [3.05, 3.63) is 59.7 Å². The van der Waals surface area contributed by atoms with E-state index in [1.165, 1.54) is 10.6 Å². The number of nitrogens with one attached hydrogen (secondary N) is 1. The number of aliphatic hydroxyl groups excluding tert-OH is 1. The average Bonchev–Trinajstić information content (AvgIpc) is 2.63. The number of para-hydroxylation sites is 2. The van der Waals surface area contributed by atoms with E-state index in [4.69, 9.17) is 4.74 Å². The van der Waals surface area contributed by atoms with E-state index >= 15 is 0 Å². The Morgan fingerprint density at radius 2 is 1.64 bits per heavy atom. The average molecular weight is 341 g/mol. The van der Waals surface area contributed by atoms with Crippen LogP contribution in [0.4, 0.5) is 5.69 Å². The Labute approximate surface area is 150 Å². The summed E-state index contributed by atoms with van der Waals surface area (Å²) in [6, 6.07) is 16.7. The lowest BCUT2D eigenvalue weighted by atomic mass is 10.1. The molecule has 0 saturated carbocycles. The third-order valence-electron chi connectivity index (χ3n) is 4.95. The monoisotopic (exact) mass is 341 g/mol. The Kier molecular flexibility index (Phi) is 5.95. The van der Waals surface area contributed by atoms with Crippen molar-refractivity contribution in [1.82, 2.24) is 0 Å². The highest BCUT2D eigenvalue weighted by Crippen LogP contribution is 2.22. The highest BCUT2D eigenvalue weighted by molar-refractivity contribution is 5.46. The summed E-state index contributed by atoms with van der Waals surface area (Å²) in [6.07, 6.45) is -0.433. The summed E-state index contributed by atoms with van der Waals surface area (Å²) in [6.45, 7) is 9.36. The molecule has 134 valence electrons. The first-order valence-corrected chi connectivity index (χ1v) is 9.14. The zero-order chi connectivity index (χ0) is 17.6. The van der Waals surface area contributed by atoms with Crippen LogP contribution in [0.1, 0.15) is 11.1 Å². The fourth-order valence-electron chi connectivity index (χ4n) is 3.52. The number of hydrogen-bond acceptors (Lipinski definition) is 3. The van der Waals surface area contributed by atoms with Gasteiger partial charge in [0.2, 0.25) is 0 Å². The second kappa shape index (κ2) is 8.37. The number of quaternary nitrogens is 1. The van der Waals surface area contributed by atoms with Crippen LogP contribution in [-0.2, 0) is 0 Å². The van der Waals surface area contributed by atoms with Crippen molar-refractivity contribution >= 4 is 5.69 Å². The number of anilines is 1. The van der Waals surface area contributed by atoms with E-state index in [9.17, 15) is 5.11 Å². The van der Waals surface area contributed by atoms with Crippen molar-refractivity contribution in [2.24, 2.45) is 0 Å². The van der Waals surface area contributed by atoms with E-state index in [-0.39, 0.29) is 0 Å². The van der Waals surface area contributed by atoms with Gasteiger partial charge in [-0.1, -0.05) is 36.4 Å². The van der Waals surface area contributed by atoms with Gasteiger partial charge in [0.15, 0.2) is 0 Å². The van der Waals surface area contributed by atoms with Crippen molar-refractivity contribution < 1.29 is 14.7 Å². The van der Waals surface area contributed by atoms with Crippen LogP contribution in [-0.4, -0.2) is 50.5 Å². The van der Waals surface area contributed by atoms with Gasteiger partial charge in [0.25, 0.3) is 0 Å². The molecule has 0 amide bonds. The summed E-state index contributed by atoms with van der Waals surface area (Å²) in [7, 11) is 0. The molecule has 0 bridgehead atoms. The molecule has 2 aromatic carbocycles. The molecule has 1 aliphatic heterocycles. The van der Waals surface area contributed by atoms with Crippen LogP contribution in [0.15, 0.2) is 48.5 Å². The van der Waals surface area contributed by atoms with Gasteiger partial charge in [0.05, 0.1) is 26.2 Å². The molecule has 1 saturated heterocycles. The SMILES string of the molecule is Cc1cccc(C)c1OCC(O)C[NH+]1CCN(c2ccccc2)CC1. The van der Waals surface area contributed by atoms with Gasteiger partial charge in [0.1, 0.15) is 25.0 Å². The van der Waals surface area contributed by atoms with Gasteiger partial charge in [0, 0.05) is 5.69 Å². The first-order chi connectivity index (χ1) is 12.1. The minimum Gasteiger partial charge on any atom is -0.490 e. The van der Waals surface area contributed by atoms with Gasteiger partial charge in [-0.05, 0) is 37.1 Å².